The first kappa shape index (κ1) is 16.3. The molecule has 1 aromatic carbocycles. The summed E-state index contributed by atoms with van der Waals surface area (Å²) < 4.78 is 5.73. The van der Waals surface area contributed by atoms with Gasteiger partial charge in [0, 0.05) is 37.3 Å². The minimum Gasteiger partial charge on any atom is -0.381 e. The number of ether oxygens (including phenoxy) is 1. The standard InChI is InChI=1S/C18H30N2O/c1-3-5-12-20(17-9-7-6-8-10-17)14-16-15-21-13-11-18(16)19-4-2/h6-10,16,18-19H,3-5,11-15H2,1-2H3. The molecule has 1 aliphatic heterocycles. The first-order valence-corrected chi connectivity index (χ1v) is 8.46. The van der Waals surface area contributed by atoms with E-state index in [1.165, 1.54) is 18.5 Å². The number of unbranched alkanes of at least 4 members (excludes halogenated alkanes) is 1. The highest BCUT2D eigenvalue weighted by Gasteiger charge is 2.26. The monoisotopic (exact) mass is 290 g/mol. The Hall–Kier alpha value is -1.06. The van der Waals surface area contributed by atoms with Gasteiger partial charge in [0.2, 0.25) is 0 Å². The Morgan fingerprint density at radius 1 is 1.24 bits per heavy atom. The highest BCUT2D eigenvalue weighted by molar-refractivity contribution is 5.46. The fourth-order valence-electron chi connectivity index (χ4n) is 3.10. The zero-order valence-electron chi connectivity index (χ0n) is 13.6. The molecule has 1 aliphatic rings. The van der Waals surface area contributed by atoms with E-state index in [0.29, 0.717) is 12.0 Å². The molecule has 0 aliphatic carbocycles. The molecule has 2 rings (SSSR count). The molecule has 3 heteroatoms. The van der Waals surface area contributed by atoms with Crippen molar-refractivity contribution in [2.45, 2.75) is 39.2 Å². The van der Waals surface area contributed by atoms with Gasteiger partial charge >= 0.3 is 0 Å². The van der Waals surface area contributed by atoms with Crippen LogP contribution in [0.15, 0.2) is 30.3 Å². The number of rotatable bonds is 8. The van der Waals surface area contributed by atoms with Gasteiger partial charge in [0.15, 0.2) is 0 Å². The number of nitrogens with one attached hydrogen (secondary N) is 1. The van der Waals surface area contributed by atoms with E-state index in [2.05, 4.69) is 54.4 Å². The van der Waals surface area contributed by atoms with Gasteiger partial charge in [-0.2, -0.15) is 0 Å². The Balaban J connectivity index is 2.02. The Labute approximate surface area is 129 Å². The van der Waals surface area contributed by atoms with Crippen LogP contribution in [0.3, 0.4) is 0 Å². The molecule has 1 saturated heterocycles. The molecular weight excluding hydrogens is 260 g/mol. The van der Waals surface area contributed by atoms with Gasteiger partial charge in [-0.1, -0.05) is 38.5 Å². The molecule has 0 aromatic heterocycles. The lowest BCUT2D eigenvalue weighted by Gasteiger charge is -2.37. The second-order valence-electron chi connectivity index (χ2n) is 5.92. The predicted octanol–water partition coefficient (Wildman–Crippen LogP) is 3.31. The summed E-state index contributed by atoms with van der Waals surface area (Å²) in [5, 5.41) is 3.64. The normalized spacial score (nSPS) is 22.2. The minimum absolute atomic E-state index is 0.579. The van der Waals surface area contributed by atoms with Crippen molar-refractivity contribution in [1.82, 2.24) is 5.32 Å². The van der Waals surface area contributed by atoms with Gasteiger partial charge < -0.3 is 15.0 Å². The van der Waals surface area contributed by atoms with Gasteiger partial charge in [0.25, 0.3) is 0 Å². The molecule has 0 spiro atoms. The third kappa shape index (κ3) is 5.01. The fraction of sp³-hybridized carbons (Fsp3) is 0.667. The van der Waals surface area contributed by atoms with Gasteiger partial charge in [0.1, 0.15) is 0 Å². The first-order valence-electron chi connectivity index (χ1n) is 8.46. The van der Waals surface area contributed by atoms with E-state index in [0.717, 1.165) is 39.3 Å². The van der Waals surface area contributed by atoms with Crippen LogP contribution in [0, 0.1) is 5.92 Å². The Morgan fingerprint density at radius 2 is 2.05 bits per heavy atom. The van der Waals surface area contributed by atoms with Crippen molar-refractivity contribution < 1.29 is 4.74 Å². The van der Waals surface area contributed by atoms with Crippen molar-refractivity contribution in [3.63, 3.8) is 0 Å². The number of benzene rings is 1. The van der Waals surface area contributed by atoms with Crippen LogP contribution < -0.4 is 10.2 Å². The Kier molecular flexibility index (Phi) is 7.04. The molecule has 0 saturated carbocycles. The SMILES string of the molecule is CCCCN(CC1COCCC1NCC)c1ccccc1. The zero-order valence-corrected chi connectivity index (χ0v) is 13.6. The van der Waals surface area contributed by atoms with Crippen LogP contribution in [0.1, 0.15) is 33.1 Å². The summed E-state index contributed by atoms with van der Waals surface area (Å²) in [6, 6.07) is 11.4. The van der Waals surface area contributed by atoms with Crippen LogP contribution >= 0.6 is 0 Å². The molecule has 118 valence electrons. The summed E-state index contributed by atoms with van der Waals surface area (Å²) in [5.41, 5.74) is 1.34. The molecule has 0 amide bonds. The molecule has 2 unspecified atom stereocenters. The molecule has 1 aromatic rings. The molecular formula is C18H30N2O. The van der Waals surface area contributed by atoms with Gasteiger partial charge in [-0.15, -0.1) is 0 Å². The van der Waals surface area contributed by atoms with Crippen LogP contribution in [-0.4, -0.2) is 38.9 Å². The molecule has 1 fully saturated rings. The summed E-state index contributed by atoms with van der Waals surface area (Å²) in [5.74, 6) is 0.579. The van der Waals surface area contributed by atoms with Gasteiger partial charge in [-0.3, -0.25) is 0 Å². The van der Waals surface area contributed by atoms with Crippen molar-refractivity contribution in [3.05, 3.63) is 30.3 Å². The van der Waals surface area contributed by atoms with Crippen molar-refractivity contribution in [2.75, 3.05) is 37.7 Å². The van der Waals surface area contributed by atoms with Crippen LogP contribution in [0.5, 0.6) is 0 Å². The van der Waals surface area contributed by atoms with Crippen molar-refractivity contribution in [1.29, 1.82) is 0 Å². The largest absolute Gasteiger partial charge is 0.381 e. The van der Waals surface area contributed by atoms with E-state index in [1.807, 2.05) is 0 Å². The molecule has 21 heavy (non-hydrogen) atoms. The van der Waals surface area contributed by atoms with Crippen LogP contribution in [0.4, 0.5) is 5.69 Å². The lowest BCUT2D eigenvalue weighted by atomic mass is 9.94. The number of nitrogens with zero attached hydrogens (tertiary/aromatic N) is 1. The molecule has 0 bridgehead atoms. The number of hydrogen-bond acceptors (Lipinski definition) is 3. The highest BCUT2D eigenvalue weighted by atomic mass is 16.5. The van der Waals surface area contributed by atoms with Crippen molar-refractivity contribution >= 4 is 5.69 Å². The summed E-state index contributed by atoms with van der Waals surface area (Å²) in [6.07, 6.45) is 3.62. The van der Waals surface area contributed by atoms with Crippen LogP contribution in [0.2, 0.25) is 0 Å². The maximum absolute atomic E-state index is 5.73. The zero-order chi connectivity index (χ0) is 14.9. The number of hydrogen-bond donors (Lipinski definition) is 1. The third-order valence-electron chi connectivity index (χ3n) is 4.30. The van der Waals surface area contributed by atoms with E-state index in [9.17, 15) is 0 Å². The van der Waals surface area contributed by atoms with E-state index >= 15 is 0 Å². The average Bonchev–Trinajstić information content (AvgIpc) is 2.54. The number of para-hydroxylation sites is 1. The lowest BCUT2D eigenvalue weighted by molar-refractivity contribution is 0.0351. The second kappa shape index (κ2) is 9.06. The highest BCUT2D eigenvalue weighted by Crippen LogP contribution is 2.21. The Bertz CT molecular complexity index is 380. The summed E-state index contributed by atoms with van der Waals surface area (Å²) in [7, 11) is 0. The average molecular weight is 290 g/mol. The van der Waals surface area contributed by atoms with Crippen LogP contribution in [0.25, 0.3) is 0 Å². The quantitative estimate of drug-likeness (QED) is 0.795. The number of anilines is 1. The molecule has 1 heterocycles. The summed E-state index contributed by atoms with van der Waals surface area (Å²) in [4.78, 5) is 2.53. The minimum atomic E-state index is 0.579. The van der Waals surface area contributed by atoms with Crippen molar-refractivity contribution in [3.8, 4) is 0 Å². The van der Waals surface area contributed by atoms with E-state index in [4.69, 9.17) is 4.74 Å². The molecule has 3 nitrogen and oxygen atoms in total. The smallest absolute Gasteiger partial charge is 0.0526 e. The van der Waals surface area contributed by atoms with E-state index < -0.39 is 0 Å². The third-order valence-corrected chi connectivity index (χ3v) is 4.30. The Morgan fingerprint density at radius 3 is 2.76 bits per heavy atom. The second-order valence-corrected chi connectivity index (χ2v) is 5.92. The molecule has 0 radical (unpaired) electrons. The maximum Gasteiger partial charge on any atom is 0.0526 e. The fourth-order valence-corrected chi connectivity index (χ4v) is 3.10. The van der Waals surface area contributed by atoms with Gasteiger partial charge in [-0.25, -0.2) is 0 Å². The van der Waals surface area contributed by atoms with E-state index in [1.54, 1.807) is 0 Å². The van der Waals surface area contributed by atoms with Crippen molar-refractivity contribution in [2.24, 2.45) is 5.92 Å². The van der Waals surface area contributed by atoms with Crippen LogP contribution in [-0.2, 0) is 4.74 Å². The van der Waals surface area contributed by atoms with Gasteiger partial charge in [0.05, 0.1) is 6.61 Å². The molecule has 2 atom stereocenters. The molecule has 1 N–H and O–H groups in total. The first-order chi connectivity index (χ1) is 10.3. The predicted molar refractivity (Wildman–Crippen MR) is 90.0 cm³/mol. The topological polar surface area (TPSA) is 24.5 Å². The lowest BCUT2D eigenvalue weighted by Crippen LogP contribution is -2.48. The summed E-state index contributed by atoms with van der Waals surface area (Å²) >= 11 is 0. The van der Waals surface area contributed by atoms with E-state index in [-0.39, 0.29) is 0 Å². The van der Waals surface area contributed by atoms with Gasteiger partial charge in [-0.05, 0) is 31.5 Å². The maximum atomic E-state index is 5.73. The summed E-state index contributed by atoms with van der Waals surface area (Å²) in [6.45, 7) is 9.49.